The third-order valence-electron chi connectivity index (χ3n) is 7.19. The van der Waals surface area contributed by atoms with Gasteiger partial charge in [-0.05, 0) is 25.8 Å². The summed E-state index contributed by atoms with van der Waals surface area (Å²) >= 11 is 0. The van der Waals surface area contributed by atoms with E-state index in [4.69, 9.17) is 14.2 Å². The van der Waals surface area contributed by atoms with Gasteiger partial charge >= 0.3 is 0 Å². The van der Waals surface area contributed by atoms with Crippen molar-refractivity contribution >= 4 is 0 Å². The number of ether oxygens (including phenoxy) is 3. The largest absolute Gasteiger partial charge is 0.396 e. The van der Waals surface area contributed by atoms with Crippen LogP contribution in [0.15, 0.2) is 0 Å². The Morgan fingerprint density at radius 3 is 2.39 bits per heavy atom. The Bertz CT molecular complexity index is 427. The van der Waals surface area contributed by atoms with Crippen LogP contribution >= 0.6 is 0 Å². The number of likely N-dealkylation sites (tertiary alicyclic amines) is 1. The zero-order chi connectivity index (χ0) is 16.7. The summed E-state index contributed by atoms with van der Waals surface area (Å²) < 4.78 is 17.6. The number of hydrogen-bond donors (Lipinski definition) is 1. The van der Waals surface area contributed by atoms with Gasteiger partial charge < -0.3 is 19.3 Å². The van der Waals surface area contributed by atoms with Gasteiger partial charge in [0, 0.05) is 57.6 Å². The summed E-state index contributed by atoms with van der Waals surface area (Å²) in [6.07, 6.45) is 6.38. The summed E-state index contributed by atoms with van der Waals surface area (Å²) in [6.45, 7) is 4.34. The zero-order valence-electron chi connectivity index (χ0n) is 15.1. The maximum absolute atomic E-state index is 10.2. The molecule has 0 aromatic carbocycles. The Labute approximate surface area is 140 Å². The molecule has 23 heavy (non-hydrogen) atoms. The molecule has 1 spiro atoms. The molecule has 2 bridgehead atoms. The van der Waals surface area contributed by atoms with Gasteiger partial charge in [-0.15, -0.1) is 0 Å². The predicted molar refractivity (Wildman–Crippen MR) is 88.2 cm³/mol. The van der Waals surface area contributed by atoms with Crippen LogP contribution in [0, 0.1) is 10.8 Å². The highest BCUT2D eigenvalue weighted by atomic mass is 16.7. The molecule has 0 aromatic rings. The molecule has 1 unspecified atom stereocenters. The molecule has 0 amide bonds. The standard InChI is InChI=1S/C18H33NO4/c1-5-19-12-16(13-20)7-6-8-17(15(16)21-2)9-10-18(22-3,23-4)11-14(17)19/h14-15,20H,5-13H2,1-4H3/t14?,15-,16+,17+/m1/s1. The molecular weight excluding hydrogens is 294 g/mol. The first-order chi connectivity index (χ1) is 11.0. The quantitative estimate of drug-likeness (QED) is 0.783. The third-order valence-corrected chi connectivity index (χ3v) is 7.19. The van der Waals surface area contributed by atoms with Crippen LogP contribution < -0.4 is 0 Å². The van der Waals surface area contributed by atoms with E-state index < -0.39 is 5.79 Å². The number of nitrogens with zero attached hydrogens (tertiary/aromatic N) is 1. The van der Waals surface area contributed by atoms with E-state index in [0.29, 0.717) is 6.04 Å². The summed E-state index contributed by atoms with van der Waals surface area (Å²) in [5.74, 6) is -0.474. The second-order valence-electron chi connectivity index (χ2n) is 7.82. The highest BCUT2D eigenvalue weighted by Crippen LogP contribution is 2.61. The van der Waals surface area contributed by atoms with E-state index in [9.17, 15) is 5.11 Å². The second kappa shape index (κ2) is 6.26. The number of methoxy groups -OCH3 is 3. The Morgan fingerprint density at radius 1 is 1.09 bits per heavy atom. The molecule has 3 aliphatic rings. The van der Waals surface area contributed by atoms with Gasteiger partial charge in [-0.2, -0.15) is 0 Å². The number of rotatable bonds is 5. The summed E-state index contributed by atoms with van der Waals surface area (Å²) in [7, 11) is 5.34. The molecule has 1 aliphatic heterocycles. The van der Waals surface area contributed by atoms with Gasteiger partial charge in [0.05, 0.1) is 12.7 Å². The maximum atomic E-state index is 10.2. The lowest BCUT2D eigenvalue weighted by Crippen LogP contribution is -2.73. The normalized spacial score (nSPS) is 43.2. The molecular formula is C18H33NO4. The summed E-state index contributed by atoms with van der Waals surface area (Å²) in [5.41, 5.74) is 0.00417. The van der Waals surface area contributed by atoms with Crippen molar-refractivity contribution in [1.82, 2.24) is 4.90 Å². The minimum atomic E-state index is -0.474. The van der Waals surface area contributed by atoms with Crippen LogP contribution in [0.2, 0.25) is 0 Å². The van der Waals surface area contributed by atoms with Crippen LogP contribution in [-0.4, -0.2) is 69.0 Å². The monoisotopic (exact) mass is 327 g/mol. The van der Waals surface area contributed by atoms with Crippen molar-refractivity contribution in [1.29, 1.82) is 0 Å². The van der Waals surface area contributed by atoms with Crippen LogP contribution in [0.1, 0.15) is 45.4 Å². The molecule has 2 aliphatic carbocycles. The van der Waals surface area contributed by atoms with Crippen LogP contribution in [0.4, 0.5) is 0 Å². The van der Waals surface area contributed by atoms with E-state index in [1.807, 2.05) is 7.11 Å². The predicted octanol–water partition coefficient (Wildman–Crippen LogP) is 2.03. The van der Waals surface area contributed by atoms with Crippen LogP contribution in [0.3, 0.4) is 0 Å². The van der Waals surface area contributed by atoms with Gasteiger partial charge in [0.15, 0.2) is 5.79 Å². The molecule has 2 saturated carbocycles. The van der Waals surface area contributed by atoms with Gasteiger partial charge in [-0.25, -0.2) is 0 Å². The average Bonchev–Trinajstić information content (AvgIpc) is 2.60. The van der Waals surface area contributed by atoms with Crippen molar-refractivity contribution < 1.29 is 19.3 Å². The summed E-state index contributed by atoms with van der Waals surface area (Å²) in [4.78, 5) is 2.55. The Balaban J connectivity index is 2.01. The van der Waals surface area contributed by atoms with Crippen molar-refractivity contribution in [2.45, 2.75) is 63.4 Å². The van der Waals surface area contributed by atoms with Crippen molar-refractivity contribution in [2.24, 2.45) is 10.8 Å². The lowest BCUT2D eigenvalue weighted by Gasteiger charge is -2.67. The number of piperidine rings is 1. The smallest absolute Gasteiger partial charge is 0.169 e. The molecule has 3 fully saturated rings. The Morgan fingerprint density at radius 2 is 1.83 bits per heavy atom. The van der Waals surface area contributed by atoms with Crippen LogP contribution in [0.25, 0.3) is 0 Å². The van der Waals surface area contributed by atoms with Gasteiger partial charge in [0.2, 0.25) is 0 Å². The number of hydrogen-bond acceptors (Lipinski definition) is 5. The van der Waals surface area contributed by atoms with E-state index in [0.717, 1.165) is 38.8 Å². The lowest BCUT2D eigenvalue weighted by molar-refractivity contribution is -0.293. The van der Waals surface area contributed by atoms with E-state index in [-0.39, 0.29) is 23.5 Å². The van der Waals surface area contributed by atoms with Gasteiger partial charge in [0.25, 0.3) is 0 Å². The van der Waals surface area contributed by atoms with E-state index in [2.05, 4.69) is 11.8 Å². The van der Waals surface area contributed by atoms with E-state index >= 15 is 0 Å². The molecule has 1 N–H and O–H groups in total. The molecule has 5 nitrogen and oxygen atoms in total. The highest BCUT2D eigenvalue weighted by Gasteiger charge is 2.65. The van der Waals surface area contributed by atoms with E-state index in [1.165, 1.54) is 12.8 Å². The molecule has 4 atom stereocenters. The minimum Gasteiger partial charge on any atom is -0.396 e. The molecule has 1 heterocycles. The van der Waals surface area contributed by atoms with Crippen molar-refractivity contribution in [3.05, 3.63) is 0 Å². The molecule has 0 radical (unpaired) electrons. The van der Waals surface area contributed by atoms with Crippen molar-refractivity contribution in [3.8, 4) is 0 Å². The number of fused-ring (bicyclic) bond motifs is 1. The maximum Gasteiger partial charge on any atom is 0.169 e. The first-order valence-corrected chi connectivity index (χ1v) is 9.03. The lowest BCUT2D eigenvalue weighted by atomic mass is 9.49. The van der Waals surface area contributed by atoms with Gasteiger partial charge in [-0.3, -0.25) is 4.90 Å². The SMILES string of the molecule is CCN1C[C@]2(CO)CCC[C@@]3(CCC(OC)(OC)CC13)[C@@H]2OC. The number of aliphatic hydroxyl groups is 1. The topological polar surface area (TPSA) is 51.2 Å². The average molecular weight is 327 g/mol. The second-order valence-corrected chi connectivity index (χ2v) is 7.82. The van der Waals surface area contributed by atoms with Gasteiger partial charge in [-0.1, -0.05) is 13.3 Å². The number of aliphatic hydroxyl groups excluding tert-OH is 1. The fourth-order valence-corrected chi connectivity index (χ4v) is 6.08. The van der Waals surface area contributed by atoms with Gasteiger partial charge in [0.1, 0.15) is 0 Å². The zero-order valence-corrected chi connectivity index (χ0v) is 15.1. The molecule has 134 valence electrons. The Kier molecular flexibility index (Phi) is 4.80. The fourth-order valence-electron chi connectivity index (χ4n) is 6.08. The van der Waals surface area contributed by atoms with Crippen LogP contribution in [-0.2, 0) is 14.2 Å². The third kappa shape index (κ3) is 2.39. The van der Waals surface area contributed by atoms with E-state index in [1.54, 1.807) is 14.2 Å². The Hall–Kier alpha value is -0.200. The molecule has 3 rings (SSSR count). The molecule has 0 aromatic heterocycles. The highest BCUT2D eigenvalue weighted by molar-refractivity contribution is 5.15. The van der Waals surface area contributed by atoms with Crippen molar-refractivity contribution in [3.63, 3.8) is 0 Å². The van der Waals surface area contributed by atoms with Crippen LogP contribution in [0.5, 0.6) is 0 Å². The first kappa shape index (κ1) is 17.6. The minimum absolute atomic E-state index is 0.111. The summed E-state index contributed by atoms with van der Waals surface area (Å²) in [6, 6.07) is 0.395. The summed E-state index contributed by atoms with van der Waals surface area (Å²) in [5, 5.41) is 10.2. The molecule has 5 heteroatoms. The fraction of sp³-hybridized carbons (Fsp3) is 1.00. The first-order valence-electron chi connectivity index (χ1n) is 9.03. The van der Waals surface area contributed by atoms with Crippen molar-refractivity contribution in [2.75, 3.05) is 41.0 Å². The molecule has 1 saturated heterocycles.